The number of aliphatic hydroxyl groups is 1. The van der Waals surface area contributed by atoms with Crippen LogP contribution in [0.1, 0.15) is 23.7 Å². The summed E-state index contributed by atoms with van der Waals surface area (Å²) >= 11 is 0. The average Bonchev–Trinajstić information content (AvgIpc) is 2.85. The van der Waals surface area contributed by atoms with Gasteiger partial charge in [0, 0.05) is 19.3 Å². The van der Waals surface area contributed by atoms with Crippen molar-refractivity contribution in [2.24, 2.45) is 0 Å². The largest absolute Gasteiger partial charge is 0.392 e. The van der Waals surface area contributed by atoms with Gasteiger partial charge in [-0.15, -0.1) is 0 Å². The molecule has 0 saturated heterocycles. The molecular formula is C14H19N3O. The quantitative estimate of drug-likeness (QED) is 0.811. The van der Waals surface area contributed by atoms with E-state index in [9.17, 15) is 0 Å². The molecule has 0 fully saturated rings. The second kappa shape index (κ2) is 6.33. The lowest BCUT2D eigenvalue weighted by atomic mass is 10.1. The Morgan fingerprint density at radius 1 is 1.22 bits per heavy atom. The topological polar surface area (TPSA) is 50.1 Å². The van der Waals surface area contributed by atoms with Gasteiger partial charge in [-0.3, -0.25) is 0 Å². The summed E-state index contributed by atoms with van der Waals surface area (Å²) in [4.78, 5) is 4.34. The number of imidazole rings is 1. The van der Waals surface area contributed by atoms with E-state index in [0.29, 0.717) is 0 Å². The molecule has 0 aliphatic carbocycles. The fourth-order valence-corrected chi connectivity index (χ4v) is 1.80. The van der Waals surface area contributed by atoms with E-state index >= 15 is 0 Å². The van der Waals surface area contributed by atoms with Crippen molar-refractivity contribution in [3.05, 3.63) is 53.6 Å². The van der Waals surface area contributed by atoms with E-state index in [1.807, 2.05) is 30.6 Å². The van der Waals surface area contributed by atoms with Gasteiger partial charge >= 0.3 is 0 Å². The van der Waals surface area contributed by atoms with Gasteiger partial charge in [0.1, 0.15) is 0 Å². The van der Waals surface area contributed by atoms with E-state index in [-0.39, 0.29) is 6.61 Å². The Balaban J connectivity index is 1.97. The lowest BCUT2D eigenvalue weighted by molar-refractivity contribution is 0.282. The predicted molar refractivity (Wildman–Crippen MR) is 71.1 cm³/mol. The standard InChI is InChI=1S/C14H19N3O/c1-2-15-7-14-9-17(11-16-14)8-12-3-5-13(10-18)6-4-12/h3-6,9,11,15,18H,2,7-8,10H2,1H3. The van der Waals surface area contributed by atoms with Crippen LogP contribution < -0.4 is 5.32 Å². The fourth-order valence-electron chi connectivity index (χ4n) is 1.80. The maximum absolute atomic E-state index is 8.98. The van der Waals surface area contributed by atoms with Crippen molar-refractivity contribution < 1.29 is 5.11 Å². The van der Waals surface area contributed by atoms with E-state index in [1.165, 1.54) is 5.56 Å². The highest BCUT2D eigenvalue weighted by molar-refractivity contribution is 5.22. The van der Waals surface area contributed by atoms with Crippen LogP contribution in [0.3, 0.4) is 0 Å². The summed E-state index contributed by atoms with van der Waals surface area (Å²) in [5.41, 5.74) is 3.21. The first-order valence-corrected chi connectivity index (χ1v) is 6.22. The van der Waals surface area contributed by atoms with Crippen LogP contribution in [-0.2, 0) is 19.7 Å². The van der Waals surface area contributed by atoms with E-state index in [0.717, 1.165) is 30.9 Å². The Bertz CT molecular complexity index is 476. The number of nitrogens with one attached hydrogen (secondary N) is 1. The van der Waals surface area contributed by atoms with Crippen LogP contribution in [0.2, 0.25) is 0 Å². The highest BCUT2D eigenvalue weighted by atomic mass is 16.3. The van der Waals surface area contributed by atoms with Crippen molar-refractivity contribution in [3.8, 4) is 0 Å². The molecule has 0 radical (unpaired) electrons. The summed E-state index contributed by atoms with van der Waals surface area (Å²) in [5.74, 6) is 0. The van der Waals surface area contributed by atoms with Crippen molar-refractivity contribution in [1.29, 1.82) is 0 Å². The lowest BCUT2D eigenvalue weighted by Crippen LogP contribution is -2.11. The zero-order valence-electron chi connectivity index (χ0n) is 10.6. The molecule has 4 heteroatoms. The molecular weight excluding hydrogens is 226 g/mol. The molecule has 0 atom stereocenters. The van der Waals surface area contributed by atoms with Crippen molar-refractivity contribution in [1.82, 2.24) is 14.9 Å². The molecule has 0 saturated carbocycles. The highest BCUT2D eigenvalue weighted by Gasteiger charge is 1.99. The van der Waals surface area contributed by atoms with Crippen molar-refractivity contribution >= 4 is 0 Å². The Morgan fingerprint density at radius 3 is 2.61 bits per heavy atom. The number of rotatable bonds is 6. The summed E-state index contributed by atoms with van der Waals surface area (Å²) in [5, 5.41) is 12.2. The van der Waals surface area contributed by atoms with Gasteiger partial charge in [0.15, 0.2) is 0 Å². The first kappa shape index (κ1) is 12.8. The third-order valence-corrected chi connectivity index (χ3v) is 2.81. The monoisotopic (exact) mass is 245 g/mol. The van der Waals surface area contributed by atoms with Gasteiger partial charge in [0.2, 0.25) is 0 Å². The molecule has 2 aromatic rings. The second-order valence-corrected chi connectivity index (χ2v) is 4.29. The van der Waals surface area contributed by atoms with E-state index in [4.69, 9.17) is 5.11 Å². The Hall–Kier alpha value is -1.65. The van der Waals surface area contributed by atoms with Crippen molar-refractivity contribution in [2.75, 3.05) is 6.54 Å². The van der Waals surface area contributed by atoms with Crippen LogP contribution in [0.15, 0.2) is 36.8 Å². The number of aliphatic hydroxyl groups excluding tert-OH is 1. The van der Waals surface area contributed by atoms with Crippen molar-refractivity contribution in [3.63, 3.8) is 0 Å². The van der Waals surface area contributed by atoms with Gasteiger partial charge in [0.25, 0.3) is 0 Å². The minimum absolute atomic E-state index is 0.0954. The minimum atomic E-state index is 0.0954. The summed E-state index contributed by atoms with van der Waals surface area (Å²) in [6, 6.07) is 7.97. The molecule has 0 spiro atoms. The van der Waals surface area contributed by atoms with Gasteiger partial charge in [-0.1, -0.05) is 31.2 Å². The van der Waals surface area contributed by atoms with E-state index in [1.54, 1.807) is 0 Å². The minimum Gasteiger partial charge on any atom is -0.392 e. The van der Waals surface area contributed by atoms with Crippen LogP contribution in [0.4, 0.5) is 0 Å². The Labute approximate surface area is 107 Å². The Kier molecular flexibility index (Phi) is 4.50. The maximum atomic E-state index is 8.98. The number of hydrogen-bond acceptors (Lipinski definition) is 3. The lowest BCUT2D eigenvalue weighted by Gasteiger charge is -2.03. The number of nitrogens with zero attached hydrogens (tertiary/aromatic N) is 2. The molecule has 1 heterocycles. The number of hydrogen-bond donors (Lipinski definition) is 2. The third-order valence-electron chi connectivity index (χ3n) is 2.81. The van der Waals surface area contributed by atoms with Crippen LogP contribution in [0.25, 0.3) is 0 Å². The predicted octanol–water partition coefficient (Wildman–Crippen LogP) is 1.53. The molecule has 2 rings (SSSR count). The number of aromatic nitrogens is 2. The molecule has 0 unspecified atom stereocenters. The molecule has 18 heavy (non-hydrogen) atoms. The van der Waals surface area contributed by atoms with Crippen LogP contribution >= 0.6 is 0 Å². The zero-order valence-corrected chi connectivity index (χ0v) is 10.6. The molecule has 96 valence electrons. The van der Waals surface area contributed by atoms with Crippen LogP contribution in [0, 0.1) is 0 Å². The summed E-state index contributed by atoms with van der Waals surface area (Å²) in [6.07, 6.45) is 3.91. The molecule has 0 aliphatic heterocycles. The van der Waals surface area contributed by atoms with E-state index in [2.05, 4.69) is 28.0 Å². The first-order chi connectivity index (χ1) is 8.81. The van der Waals surface area contributed by atoms with Crippen molar-refractivity contribution in [2.45, 2.75) is 26.6 Å². The van der Waals surface area contributed by atoms with Gasteiger partial charge in [-0.05, 0) is 17.7 Å². The molecule has 1 aromatic heterocycles. The molecule has 0 bridgehead atoms. The van der Waals surface area contributed by atoms with E-state index < -0.39 is 0 Å². The summed E-state index contributed by atoms with van der Waals surface area (Å²) in [7, 11) is 0. The third kappa shape index (κ3) is 3.42. The van der Waals surface area contributed by atoms with Gasteiger partial charge in [-0.2, -0.15) is 0 Å². The maximum Gasteiger partial charge on any atom is 0.0953 e. The average molecular weight is 245 g/mol. The van der Waals surface area contributed by atoms with Crippen LogP contribution in [-0.4, -0.2) is 21.2 Å². The molecule has 0 aliphatic rings. The molecule has 0 amide bonds. The Morgan fingerprint density at radius 2 is 1.94 bits per heavy atom. The zero-order chi connectivity index (χ0) is 12.8. The van der Waals surface area contributed by atoms with Crippen LogP contribution in [0.5, 0.6) is 0 Å². The smallest absolute Gasteiger partial charge is 0.0953 e. The number of benzene rings is 1. The molecule has 2 N–H and O–H groups in total. The SMILES string of the molecule is CCNCc1cn(Cc2ccc(CO)cc2)cn1. The second-order valence-electron chi connectivity index (χ2n) is 4.29. The molecule has 4 nitrogen and oxygen atoms in total. The normalized spacial score (nSPS) is 10.8. The summed E-state index contributed by atoms with van der Waals surface area (Å²) < 4.78 is 2.07. The summed E-state index contributed by atoms with van der Waals surface area (Å²) in [6.45, 7) is 4.76. The van der Waals surface area contributed by atoms with Gasteiger partial charge < -0.3 is 15.0 Å². The van der Waals surface area contributed by atoms with Gasteiger partial charge in [-0.25, -0.2) is 4.98 Å². The molecule has 1 aromatic carbocycles. The van der Waals surface area contributed by atoms with Gasteiger partial charge in [0.05, 0.1) is 18.6 Å². The fraction of sp³-hybridized carbons (Fsp3) is 0.357. The first-order valence-electron chi connectivity index (χ1n) is 6.22. The highest BCUT2D eigenvalue weighted by Crippen LogP contribution is 2.07.